The van der Waals surface area contributed by atoms with Gasteiger partial charge in [-0.05, 0) is 37.1 Å². The van der Waals surface area contributed by atoms with E-state index in [2.05, 4.69) is 31.9 Å². The van der Waals surface area contributed by atoms with Gasteiger partial charge in [-0.1, -0.05) is 31.9 Å². The molecule has 2 rings (SSSR count). The van der Waals surface area contributed by atoms with Gasteiger partial charge in [0, 0.05) is 16.7 Å². The van der Waals surface area contributed by atoms with Gasteiger partial charge in [-0.15, -0.1) is 0 Å². The average molecular weight is 333 g/mol. The number of hydrogen-bond donors (Lipinski definition) is 0. The van der Waals surface area contributed by atoms with Crippen LogP contribution < -0.4 is 4.90 Å². The predicted molar refractivity (Wildman–Crippen MR) is 68.4 cm³/mol. The molecule has 15 heavy (non-hydrogen) atoms. The minimum Gasteiger partial charge on any atom is -0.311 e. The molecule has 1 amide bonds. The lowest BCUT2D eigenvalue weighted by Crippen LogP contribution is -2.41. The number of carbonyl (C=O) groups excluding carboxylic acids is 1. The van der Waals surface area contributed by atoms with Crippen molar-refractivity contribution < 1.29 is 4.79 Å². The minimum atomic E-state index is -0.0186. The van der Waals surface area contributed by atoms with Crippen LogP contribution in [0.4, 0.5) is 5.69 Å². The molecule has 0 spiro atoms. The maximum atomic E-state index is 11.9. The van der Waals surface area contributed by atoms with E-state index >= 15 is 0 Å². The molecule has 80 valence electrons. The van der Waals surface area contributed by atoms with E-state index in [1.54, 1.807) is 0 Å². The third kappa shape index (κ3) is 2.42. The zero-order chi connectivity index (χ0) is 10.8. The Morgan fingerprint density at radius 1 is 1.27 bits per heavy atom. The molecular formula is C11H11Br2NO. The van der Waals surface area contributed by atoms with Gasteiger partial charge in [0.25, 0.3) is 0 Å². The van der Waals surface area contributed by atoms with E-state index in [1.165, 1.54) is 0 Å². The summed E-state index contributed by atoms with van der Waals surface area (Å²) in [6.45, 7) is 0.822. The highest BCUT2D eigenvalue weighted by atomic mass is 79.9. The number of rotatable bonds is 1. The summed E-state index contributed by atoms with van der Waals surface area (Å²) in [4.78, 5) is 13.7. The van der Waals surface area contributed by atoms with Crippen LogP contribution >= 0.6 is 31.9 Å². The van der Waals surface area contributed by atoms with E-state index in [4.69, 9.17) is 0 Å². The van der Waals surface area contributed by atoms with Gasteiger partial charge in [0.1, 0.15) is 0 Å². The molecule has 4 heteroatoms. The maximum Gasteiger partial charge on any atom is 0.240 e. The van der Waals surface area contributed by atoms with Crippen LogP contribution in [0.1, 0.15) is 12.8 Å². The highest BCUT2D eigenvalue weighted by Crippen LogP contribution is 2.25. The predicted octanol–water partition coefficient (Wildman–Crippen LogP) is 3.34. The number of alkyl halides is 1. The molecule has 1 aromatic rings. The Bertz CT molecular complexity index is 363. The van der Waals surface area contributed by atoms with Crippen molar-refractivity contribution in [3.63, 3.8) is 0 Å². The fourth-order valence-corrected chi connectivity index (χ4v) is 2.54. The summed E-state index contributed by atoms with van der Waals surface area (Å²) in [5, 5.41) is 0. The third-order valence-electron chi connectivity index (χ3n) is 2.51. The highest BCUT2D eigenvalue weighted by Gasteiger charge is 2.27. The lowest BCUT2D eigenvalue weighted by molar-refractivity contribution is -0.118. The Morgan fingerprint density at radius 3 is 2.60 bits per heavy atom. The molecular weight excluding hydrogens is 322 g/mol. The largest absolute Gasteiger partial charge is 0.311 e. The van der Waals surface area contributed by atoms with E-state index in [0.29, 0.717) is 0 Å². The van der Waals surface area contributed by atoms with Crippen LogP contribution in [0.5, 0.6) is 0 Å². The van der Waals surface area contributed by atoms with Crippen LogP contribution in [-0.2, 0) is 4.79 Å². The Balaban J connectivity index is 2.22. The summed E-state index contributed by atoms with van der Waals surface area (Å²) < 4.78 is 1.03. The van der Waals surface area contributed by atoms with Gasteiger partial charge in [0.2, 0.25) is 5.91 Å². The number of benzene rings is 1. The second-order valence-corrected chi connectivity index (χ2v) is 5.60. The Kier molecular flexibility index (Phi) is 3.46. The first-order valence-electron chi connectivity index (χ1n) is 4.89. The van der Waals surface area contributed by atoms with Gasteiger partial charge in [0.05, 0.1) is 4.83 Å². The molecule has 1 saturated heterocycles. The number of nitrogens with zero attached hydrogens (tertiary/aromatic N) is 1. The molecule has 0 radical (unpaired) electrons. The minimum absolute atomic E-state index is 0.0186. The van der Waals surface area contributed by atoms with Crippen LogP contribution in [0, 0.1) is 0 Å². The average Bonchev–Trinajstić information content (AvgIpc) is 2.24. The van der Waals surface area contributed by atoms with Crippen molar-refractivity contribution in [3.05, 3.63) is 28.7 Å². The van der Waals surface area contributed by atoms with Crippen molar-refractivity contribution in [1.82, 2.24) is 0 Å². The Labute approximate surface area is 106 Å². The molecule has 0 saturated carbocycles. The molecule has 1 aliphatic rings. The van der Waals surface area contributed by atoms with E-state index in [9.17, 15) is 4.79 Å². The quantitative estimate of drug-likeness (QED) is 0.722. The molecule has 2 nitrogen and oxygen atoms in total. The number of halogens is 2. The third-order valence-corrected chi connectivity index (χ3v) is 3.89. The molecule has 1 aromatic carbocycles. The normalized spacial score (nSPS) is 21.9. The number of amides is 1. The van der Waals surface area contributed by atoms with Gasteiger partial charge in [0.15, 0.2) is 0 Å². The molecule has 1 unspecified atom stereocenters. The van der Waals surface area contributed by atoms with Crippen LogP contribution in [0.25, 0.3) is 0 Å². The van der Waals surface area contributed by atoms with E-state index in [0.717, 1.165) is 29.5 Å². The first kappa shape index (κ1) is 11.1. The van der Waals surface area contributed by atoms with Crippen molar-refractivity contribution >= 4 is 43.5 Å². The lowest BCUT2D eigenvalue weighted by Gasteiger charge is -2.29. The van der Waals surface area contributed by atoms with Gasteiger partial charge in [-0.25, -0.2) is 0 Å². The topological polar surface area (TPSA) is 20.3 Å². The number of carbonyl (C=O) groups is 1. The number of hydrogen-bond acceptors (Lipinski definition) is 1. The smallest absolute Gasteiger partial charge is 0.240 e. The molecule has 1 heterocycles. The van der Waals surface area contributed by atoms with Crippen molar-refractivity contribution in [2.45, 2.75) is 17.7 Å². The van der Waals surface area contributed by atoms with Crippen LogP contribution in [0.3, 0.4) is 0 Å². The Hall–Kier alpha value is -0.350. The van der Waals surface area contributed by atoms with Crippen LogP contribution in [0.2, 0.25) is 0 Å². The first-order chi connectivity index (χ1) is 7.18. The van der Waals surface area contributed by atoms with Gasteiger partial charge in [-0.3, -0.25) is 4.79 Å². The molecule has 1 fully saturated rings. The van der Waals surface area contributed by atoms with Crippen molar-refractivity contribution in [2.75, 3.05) is 11.4 Å². The SMILES string of the molecule is O=C1C(Br)CCCN1c1ccc(Br)cc1. The standard InChI is InChI=1S/C11H11Br2NO/c12-8-3-5-9(6-4-8)14-7-1-2-10(13)11(14)15/h3-6,10H,1-2,7H2. The fourth-order valence-electron chi connectivity index (χ4n) is 1.71. The summed E-state index contributed by atoms with van der Waals surface area (Å²) in [6.07, 6.45) is 1.99. The summed E-state index contributed by atoms with van der Waals surface area (Å²) in [6, 6.07) is 7.85. The first-order valence-corrected chi connectivity index (χ1v) is 6.60. The van der Waals surface area contributed by atoms with Crippen LogP contribution in [-0.4, -0.2) is 17.3 Å². The molecule has 0 bridgehead atoms. The van der Waals surface area contributed by atoms with Crippen LogP contribution in [0.15, 0.2) is 28.7 Å². The molecule has 0 aromatic heterocycles. The zero-order valence-electron chi connectivity index (χ0n) is 8.12. The highest BCUT2D eigenvalue weighted by molar-refractivity contribution is 9.10. The van der Waals surface area contributed by atoms with Crippen molar-refractivity contribution in [1.29, 1.82) is 0 Å². The van der Waals surface area contributed by atoms with Gasteiger partial charge in [-0.2, -0.15) is 0 Å². The molecule has 0 aliphatic carbocycles. The summed E-state index contributed by atoms with van der Waals surface area (Å²) >= 11 is 6.79. The molecule has 1 atom stereocenters. The number of piperidine rings is 1. The van der Waals surface area contributed by atoms with E-state index < -0.39 is 0 Å². The second kappa shape index (κ2) is 4.66. The van der Waals surface area contributed by atoms with E-state index in [1.807, 2.05) is 29.2 Å². The lowest BCUT2D eigenvalue weighted by atomic mass is 10.1. The van der Waals surface area contributed by atoms with Gasteiger partial charge < -0.3 is 4.90 Å². The zero-order valence-corrected chi connectivity index (χ0v) is 11.3. The summed E-state index contributed by atoms with van der Waals surface area (Å²) in [5.41, 5.74) is 0.979. The maximum absolute atomic E-state index is 11.9. The van der Waals surface area contributed by atoms with Crippen molar-refractivity contribution in [3.8, 4) is 0 Å². The summed E-state index contributed by atoms with van der Waals surface area (Å²) in [7, 11) is 0. The number of anilines is 1. The Morgan fingerprint density at radius 2 is 1.93 bits per heavy atom. The van der Waals surface area contributed by atoms with E-state index in [-0.39, 0.29) is 10.7 Å². The monoisotopic (exact) mass is 331 g/mol. The van der Waals surface area contributed by atoms with Gasteiger partial charge >= 0.3 is 0 Å². The molecule has 0 N–H and O–H groups in total. The van der Waals surface area contributed by atoms with Crippen molar-refractivity contribution in [2.24, 2.45) is 0 Å². The second-order valence-electron chi connectivity index (χ2n) is 3.58. The fraction of sp³-hybridized carbons (Fsp3) is 0.364. The molecule has 1 aliphatic heterocycles. The summed E-state index contributed by atoms with van der Waals surface area (Å²) in [5.74, 6) is 0.170.